The molecular formula is C12H13N3O3. The van der Waals surface area contributed by atoms with E-state index < -0.39 is 5.97 Å². The number of benzene rings is 1. The van der Waals surface area contributed by atoms with Crippen molar-refractivity contribution in [2.24, 2.45) is 0 Å². The van der Waals surface area contributed by atoms with Crippen LogP contribution in [-0.4, -0.2) is 42.7 Å². The number of piperazine rings is 1. The van der Waals surface area contributed by atoms with Crippen LogP contribution in [0.25, 0.3) is 0 Å². The number of carbonyl (C=O) groups is 2. The first kappa shape index (κ1) is 11.0. The predicted octanol–water partition coefficient (Wildman–Crippen LogP) is 0.115. The van der Waals surface area contributed by atoms with Crippen LogP contribution in [0.3, 0.4) is 0 Å². The van der Waals surface area contributed by atoms with Gasteiger partial charge in [-0.15, -0.1) is 0 Å². The van der Waals surface area contributed by atoms with Gasteiger partial charge in [-0.05, 0) is 18.2 Å². The van der Waals surface area contributed by atoms with E-state index in [2.05, 4.69) is 10.6 Å². The third-order valence-corrected chi connectivity index (χ3v) is 3.36. The summed E-state index contributed by atoms with van der Waals surface area (Å²) in [5.74, 6) is -1.08. The molecule has 2 heterocycles. The molecule has 1 atom stereocenters. The molecule has 2 aliphatic heterocycles. The van der Waals surface area contributed by atoms with Gasteiger partial charge in [-0.3, -0.25) is 4.79 Å². The van der Waals surface area contributed by atoms with Gasteiger partial charge >= 0.3 is 5.97 Å². The van der Waals surface area contributed by atoms with Gasteiger partial charge in [-0.2, -0.15) is 0 Å². The fraction of sp³-hybridized carbons (Fsp3) is 0.333. The second-order valence-electron chi connectivity index (χ2n) is 4.44. The molecule has 0 aliphatic carbocycles. The van der Waals surface area contributed by atoms with Gasteiger partial charge < -0.3 is 20.6 Å². The fourth-order valence-electron chi connectivity index (χ4n) is 2.46. The average Bonchev–Trinajstić information content (AvgIpc) is 2.38. The maximum Gasteiger partial charge on any atom is 0.335 e. The summed E-state index contributed by atoms with van der Waals surface area (Å²) < 4.78 is 0. The molecule has 0 bridgehead atoms. The van der Waals surface area contributed by atoms with E-state index in [-0.39, 0.29) is 17.5 Å². The quantitative estimate of drug-likeness (QED) is 0.656. The molecule has 0 saturated carbocycles. The Morgan fingerprint density at radius 2 is 2.28 bits per heavy atom. The van der Waals surface area contributed by atoms with Crippen LogP contribution in [0.1, 0.15) is 10.4 Å². The normalized spacial score (nSPS) is 21.9. The molecule has 1 saturated heterocycles. The summed E-state index contributed by atoms with van der Waals surface area (Å²) in [5, 5.41) is 14.9. The largest absolute Gasteiger partial charge is 0.478 e. The molecule has 0 spiro atoms. The maximum atomic E-state index is 11.9. The lowest BCUT2D eigenvalue weighted by atomic mass is 10.0. The Morgan fingerprint density at radius 3 is 3.06 bits per heavy atom. The van der Waals surface area contributed by atoms with Crippen LogP contribution < -0.4 is 15.5 Å². The van der Waals surface area contributed by atoms with Crippen LogP contribution in [0, 0.1) is 0 Å². The Balaban J connectivity index is 2.04. The highest BCUT2D eigenvalue weighted by atomic mass is 16.4. The monoisotopic (exact) mass is 247 g/mol. The molecule has 6 nitrogen and oxygen atoms in total. The smallest absolute Gasteiger partial charge is 0.335 e. The van der Waals surface area contributed by atoms with E-state index in [9.17, 15) is 9.59 Å². The van der Waals surface area contributed by atoms with Crippen molar-refractivity contribution in [3.8, 4) is 0 Å². The summed E-state index contributed by atoms with van der Waals surface area (Å²) in [6.07, 6.45) is 0. The number of hydrogen-bond acceptors (Lipinski definition) is 4. The third kappa shape index (κ3) is 1.62. The number of nitrogens with zero attached hydrogens (tertiary/aromatic N) is 1. The molecule has 3 N–H and O–H groups in total. The number of hydrogen-bond donors (Lipinski definition) is 3. The van der Waals surface area contributed by atoms with Crippen LogP contribution in [0.4, 0.5) is 11.4 Å². The first-order chi connectivity index (χ1) is 8.66. The standard InChI is InChI=1S/C12H13N3O3/c16-11-10-6-13-3-4-15(10)9-2-1-7(12(17)18)5-8(9)14-11/h1-2,5,10,13H,3-4,6H2,(H,14,16)(H,17,18). The van der Waals surface area contributed by atoms with Crippen molar-refractivity contribution in [2.75, 3.05) is 29.9 Å². The number of anilines is 2. The Bertz CT molecular complexity index is 529. The fourth-order valence-corrected chi connectivity index (χ4v) is 2.46. The second-order valence-corrected chi connectivity index (χ2v) is 4.44. The molecule has 94 valence electrons. The molecule has 1 unspecified atom stereocenters. The Kier molecular flexibility index (Phi) is 2.45. The summed E-state index contributed by atoms with van der Waals surface area (Å²) in [7, 11) is 0. The highest BCUT2D eigenvalue weighted by Crippen LogP contribution is 2.33. The van der Waals surface area contributed by atoms with Crippen LogP contribution >= 0.6 is 0 Å². The summed E-state index contributed by atoms with van der Waals surface area (Å²) in [5.41, 5.74) is 1.66. The van der Waals surface area contributed by atoms with Gasteiger partial charge in [0, 0.05) is 19.6 Å². The van der Waals surface area contributed by atoms with Crippen LogP contribution in [0.2, 0.25) is 0 Å². The van der Waals surface area contributed by atoms with Crippen molar-refractivity contribution in [2.45, 2.75) is 6.04 Å². The Hall–Kier alpha value is -2.08. The van der Waals surface area contributed by atoms with E-state index in [1.807, 2.05) is 4.90 Å². The minimum atomic E-state index is -0.991. The topological polar surface area (TPSA) is 81.7 Å². The zero-order valence-electron chi connectivity index (χ0n) is 9.64. The minimum absolute atomic E-state index is 0.0859. The Labute approximate surface area is 104 Å². The van der Waals surface area contributed by atoms with Gasteiger partial charge in [-0.25, -0.2) is 4.79 Å². The number of carboxylic acids is 1. The summed E-state index contributed by atoms with van der Waals surface area (Å²) in [6.45, 7) is 2.19. The van der Waals surface area contributed by atoms with Crippen LogP contribution in [-0.2, 0) is 4.79 Å². The van der Waals surface area contributed by atoms with E-state index in [1.54, 1.807) is 12.1 Å². The van der Waals surface area contributed by atoms with Crippen molar-refractivity contribution < 1.29 is 14.7 Å². The van der Waals surface area contributed by atoms with Gasteiger partial charge in [0.15, 0.2) is 0 Å². The maximum absolute atomic E-state index is 11.9. The van der Waals surface area contributed by atoms with E-state index >= 15 is 0 Å². The zero-order chi connectivity index (χ0) is 12.7. The number of rotatable bonds is 1. The average molecular weight is 247 g/mol. The number of fused-ring (bicyclic) bond motifs is 3. The molecular weight excluding hydrogens is 234 g/mol. The van der Waals surface area contributed by atoms with E-state index in [0.717, 1.165) is 18.8 Å². The van der Waals surface area contributed by atoms with Crippen molar-refractivity contribution >= 4 is 23.3 Å². The lowest BCUT2D eigenvalue weighted by Gasteiger charge is -2.41. The van der Waals surface area contributed by atoms with E-state index in [0.29, 0.717) is 12.2 Å². The van der Waals surface area contributed by atoms with Crippen molar-refractivity contribution in [1.82, 2.24) is 5.32 Å². The number of aromatic carboxylic acids is 1. The molecule has 1 aromatic rings. The highest BCUT2D eigenvalue weighted by molar-refractivity contribution is 6.05. The SMILES string of the molecule is O=C(O)c1ccc2c(c1)NC(=O)C1CNCCN21. The minimum Gasteiger partial charge on any atom is -0.478 e. The molecule has 0 aromatic heterocycles. The predicted molar refractivity (Wildman–Crippen MR) is 66.0 cm³/mol. The van der Waals surface area contributed by atoms with Crippen molar-refractivity contribution in [3.05, 3.63) is 23.8 Å². The van der Waals surface area contributed by atoms with Gasteiger partial charge in [0.2, 0.25) is 5.91 Å². The first-order valence-corrected chi connectivity index (χ1v) is 5.82. The molecule has 2 aliphatic rings. The van der Waals surface area contributed by atoms with Gasteiger partial charge in [0.05, 0.1) is 16.9 Å². The van der Waals surface area contributed by atoms with Gasteiger partial charge in [-0.1, -0.05) is 0 Å². The van der Waals surface area contributed by atoms with E-state index in [4.69, 9.17) is 5.11 Å². The number of carbonyl (C=O) groups excluding carboxylic acids is 1. The number of amides is 1. The second kappa shape index (κ2) is 3.99. The molecule has 6 heteroatoms. The summed E-state index contributed by atoms with van der Waals surface area (Å²) in [6, 6.07) is 4.63. The van der Waals surface area contributed by atoms with Crippen molar-refractivity contribution in [1.29, 1.82) is 0 Å². The highest BCUT2D eigenvalue weighted by Gasteiger charge is 2.34. The molecule has 1 aromatic carbocycles. The van der Waals surface area contributed by atoms with Crippen LogP contribution in [0.5, 0.6) is 0 Å². The lowest BCUT2D eigenvalue weighted by Crippen LogP contribution is -2.58. The Morgan fingerprint density at radius 1 is 1.44 bits per heavy atom. The molecule has 1 fully saturated rings. The molecule has 1 amide bonds. The van der Waals surface area contributed by atoms with E-state index in [1.165, 1.54) is 6.07 Å². The summed E-state index contributed by atoms with van der Waals surface area (Å²) in [4.78, 5) is 24.9. The molecule has 0 radical (unpaired) electrons. The lowest BCUT2D eigenvalue weighted by molar-refractivity contribution is -0.117. The molecule has 18 heavy (non-hydrogen) atoms. The zero-order valence-corrected chi connectivity index (χ0v) is 9.64. The van der Waals surface area contributed by atoms with Crippen LogP contribution in [0.15, 0.2) is 18.2 Å². The number of carboxylic acid groups (broad SMARTS) is 1. The van der Waals surface area contributed by atoms with Gasteiger partial charge in [0.25, 0.3) is 0 Å². The first-order valence-electron chi connectivity index (χ1n) is 5.82. The van der Waals surface area contributed by atoms with Crippen molar-refractivity contribution in [3.63, 3.8) is 0 Å². The number of nitrogens with one attached hydrogen (secondary N) is 2. The summed E-state index contributed by atoms with van der Waals surface area (Å²) >= 11 is 0. The third-order valence-electron chi connectivity index (χ3n) is 3.36. The van der Waals surface area contributed by atoms with Gasteiger partial charge in [0.1, 0.15) is 6.04 Å². The molecule has 3 rings (SSSR count).